The molecule has 2 atom stereocenters. The number of hydroxylamine groups is 1. The lowest BCUT2D eigenvalue weighted by Crippen LogP contribution is -2.51. The standard InChI is InChI=1S/C30H35F2NO6S2/c1-38-17-13-21-4-2-14-30(15-12-21,29(34)33-35)41(36,37)26-9-7-24(8-10-26)39-16-3-5-25-18-22(20-40-25)27-11-6-23(31)19-28(27)32/h6-11,18-21,35H,2-5,12-17H2,1H3,(H,33,34). The van der Waals surface area contributed by atoms with E-state index in [9.17, 15) is 27.2 Å². The molecule has 41 heavy (non-hydrogen) atoms. The van der Waals surface area contributed by atoms with Gasteiger partial charge >= 0.3 is 0 Å². The number of nitrogens with one attached hydrogen (secondary N) is 1. The van der Waals surface area contributed by atoms with Crippen molar-refractivity contribution < 1.29 is 36.7 Å². The zero-order valence-electron chi connectivity index (χ0n) is 22.9. The van der Waals surface area contributed by atoms with Crippen LogP contribution in [0.25, 0.3) is 11.1 Å². The van der Waals surface area contributed by atoms with E-state index in [1.165, 1.54) is 35.6 Å². The predicted octanol–water partition coefficient (Wildman–Crippen LogP) is 6.34. The molecule has 4 rings (SSSR count). The van der Waals surface area contributed by atoms with Crippen LogP contribution in [0.5, 0.6) is 5.75 Å². The highest BCUT2D eigenvalue weighted by molar-refractivity contribution is 7.93. The number of hydrogen-bond acceptors (Lipinski definition) is 7. The number of halogens is 2. The molecule has 0 radical (unpaired) electrons. The van der Waals surface area contributed by atoms with Crippen LogP contribution in [0.1, 0.15) is 49.8 Å². The normalized spacial score (nSPS) is 19.5. The molecule has 1 fully saturated rings. The van der Waals surface area contributed by atoms with Crippen molar-refractivity contribution in [2.45, 2.75) is 61.0 Å². The number of carbonyl (C=O) groups is 1. The number of carbonyl (C=O) groups excluding carboxylic acids is 1. The number of amides is 1. The molecule has 0 bridgehead atoms. The van der Waals surface area contributed by atoms with Crippen LogP contribution in [0.2, 0.25) is 0 Å². The van der Waals surface area contributed by atoms with Crippen molar-refractivity contribution in [3.63, 3.8) is 0 Å². The Hall–Kier alpha value is -2.86. The molecule has 2 aromatic carbocycles. The first-order chi connectivity index (χ1) is 19.7. The molecular formula is C30H35F2NO6S2. The minimum Gasteiger partial charge on any atom is -0.494 e. The van der Waals surface area contributed by atoms with Gasteiger partial charge in [-0.1, -0.05) is 12.8 Å². The molecule has 11 heteroatoms. The number of benzene rings is 2. The van der Waals surface area contributed by atoms with Crippen LogP contribution in [0.15, 0.2) is 58.8 Å². The Morgan fingerprint density at radius 3 is 2.59 bits per heavy atom. The Balaban J connectivity index is 1.36. The number of sulfone groups is 1. The second-order valence-electron chi connectivity index (χ2n) is 10.4. The fourth-order valence-electron chi connectivity index (χ4n) is 5.43. The van der Waals surface area contributed by atoms with Gasteiger partial charge in [-0.2, -0.15) is 0 Å². The van der Waals surface area contributed by atoms with E-state index in [0.29, 0.717) is 55.8 Å². The molecule has 1 aliphatic carbocycles. The molecule has 1 amide bonds. The molecule has 1 heterocycles. The Morgan fingerprint density at radius 1 is 1.10 bits per heavy atom. The van der Waals surface area contributed by atoms with Crippen LogP contribution in [-0.4, -0.2) is 44.6 Å². The summed E-state index contributed by atoms with van der Waals surface area (Å²) < 4.78 is 64.0. The van der Waals surface area contributed by atoms with Crippen LogP contribution in [0.4, 0.5) is 8.78 Å². The zero-order chi connectivity index (χ0) is 29.5. The number of aryl methyl sites for hydroxylation is 1. The van der Waals surface area contributed by atoms with Crippen molar-refractivity contribution >= 4 is 27.1 Å². The van der Waals surface area contributed by atoms with Gasteiger partial charge in [0.05, 0.1) is 11.5 Å². The van der Waals surface area contributed by atoms with Crippen molar-refractivity contribution in [3.05, 3.63) is 70.4 Å². The lowest BCUT2D eigenvalue weighted by Gasteiger charge is -2.30. The van der Waals surface area contributed by atoms with Gasteiger partial charge in [0.15, 0.2) is 14.6 Å². The molecule has 2 unspecified atom stereocenters. The van der Waals surface area contributed by atoms with Crippen molar-refractivity contribution in [2.75, 3.05) is 20.3 Å². The van der Waals surface area contributed by atoms with E-state index in [0.717, 1.165) is 23.8 Å². The molecule has 222 valence electrons. The fourth-order valence-corrected chi connectivity index (χ4v) is 8.39. The summed E-state index contributed by atoms with van der Waals surface area (Å²) >= 11 is 1.49. The summed E-state index contributed by atoms with van der Waals surface area (Å²) in [5.74, 6) is -1.37. The summed E-state index contributed by atoms with van der Waals surface area (Å²) in [6, 6.07) is 11.4. The Kier molecular flexibility index (Phi) is 10.5. The van der Waals surface area contributed by atoms with Gasteiger partial charge < -0.3 is 9.47 Å². The average molecular weight is 608 g/mol. The van der Waals surface area contributed by atoms with Crippen molar-refractivity contribution in [1.29, 1.82) is 0 Å². The SMILES string of the molecule is COCCC1CCCC(C(=O)NO)(S(=O)(=O)c2ccc(OCCCc3cc(-c4ccc(F)cc4F)cs3)cc2)CC1. The Morgan fingerprint density at radius 2 is 1.88 bits per heavy atom. The second kappa shape index (κ2) is 13.9. The van der Waals surface area contributed by atoms with Crippen LogP contribution < -0.4 is 10.2 Å². The van der Waals surface area contributed by atoms with Gasteiger partial charge in [-0.15, -0.1) is 11.3 Å². The molecule has 1 aromatic heterocycles. The van der Waals surface area contributed by atoms with E-state index < -0.39 is 32.1 Å². The summed E-state index contributed by atoms with van der Waals surface area (Å²) in [6.45, 7) is 0.951. The van der Waals surface area contributed by atoms with Gasteiger partial charge in [-0.05, 0) is 97.9 Å². The average Bonchev–Trinajstić information content (AvgIpc) is 3.31. The molecular weight excluding hydrogens is 572 g/mol. The summed E-state index contributed by atoms with van der Waals surface area (Å²) in [6.07, 6.45) is 4.30. The maximum absolute atomic E-state index is 14.1. The summed E-state index contributed by atoms with van der Waals surface area (Å²) in [7, 11) is -2.49. The zero-order valence-corrected chi connectivity index (χ0v) is 24.5. The van der Waals surface area contributed by atoms with Gasteiger partial charge in [-0.3, -0.25) is 10.0 Å². The summed E-state index contributed by atoms with van der Waals surface area (Å²) in [5.41, 5.74) is 2.67. The third-order valence-electron chi connectivity index (χ3n) is 7.78. The molecule has 0 saturated heterocycles. The highest BCUT2D eigenvalue weighted by Crippen LogP contribution is 2.41. The maximum Gasteiger partial charge on any atom is 0.265 e. The van der Waals surface area contributed by atoms with Crippen molar-refractivity contribution in [1.82, 2.24) is 5.48 Å². The van der Waals surface area contributed by atoms with E-state index in [1.54, 1.807) is 24.7 Å². The molecule has 1 saturated carbocycles. The van der Waals surface area contributed by atoms with E-state index in [1.807, 2.05) is 11.4 Å². The van der Waals surface area contributed by atoms with Gasteiger partial charge in [0.1, 0.15) is 17.4 Å². The molecule has 0 aliphatic heterocycles. The number of methoxy groups -OCH3 is 1. The number of ether oxygens (including phenoxy) is 2. The third kappa shape index (κ3) is 7.14. The van der Waals surface area contributed by atoms with E-state index in [2.05, 4.69) is 0 Å². The highest BCUT2D eigenvalue weighted by Gasteiger charge is 2.51. The van der Waals surface area contributed by atoms with Gasteiger partial charge in [0.2, 0.25) is 0 Å². The fraction of sp³-hybridized carbons (Fsp3) is 0.433. The topological polar surface area (TPSA) is 102 Å². The Bertz CT molecular complexity index is 1430. The van der Waals surface area contributed by atoms with E-state index >= 15 is 0 Å². The first kappa shape index (κ1) is 31.1. The minimum absolute atomic E-state index is 0.00271. The minimum atomic E-state index is -4.11. The number of thiophene rings is 1. The number of rotatable bonds is 12. The quantitative estimate of drug-likeness (QED) is 0.108. The lowest BCUT2D eigenvalue weighted by atomic mass is 9.95. The monoisotopic (exact) mass is 607 g/mol. The molecule has 1 aliphatic rings. The largest absolute Gasteiger partial charge is 0.494 e. The molecule has 2 N–H and O–H groups in total. The molecule has 0 spiro atoms. The van der Waals surface area contributed by atoms with E-state index in [4.69, 9.17) is 9.47 Å². The van der Waals surface area contributed by atoms with Crippen molar-refractivity contribution in [3.8, 4) is 16.9 Å². The molecule has 7 nitrogen and oxygen atoms in total. The predicted molar refractivity (Wildman–Crippen MR) is 153 cm³/mol. The van der Waals surface area contributed by atoms with Gasteiger partial charge in [0, 0.05) is 30.2 Å². The lowest BCUT2D eigenvalue weighted by molar-refractivity contribution is -0.132. The van der Waals surface area contributed by atoms with Crippen LogP contribution in [0.3, 0.4) is 0 Å². The Labute approximate surface area is 243 Å². The first-order valence-corrected chi connectivity index (χ1v) is 16.0. The second-order valence-corrected chi connectivity index (χ2v) is 13.6. The summed E-state index contributed by atoms with van der Waals surface area (Å²) in [5, 5.41) is 11.3. The smallest absolute Gasteiger partial charge is 0.265 e. The van der Waals surface area contributed by atoms with Crippen LogP contribution in [0, 0.1) is 17.6 Å². The molecule has 3 aromatic rings. The third-order valence-corrected chi connectivity index (χ3v) is 11.3. The maximum atomic E-state index is 14.1. The van der Waals surface area contributed by atoms with E-state index in [-0.39, 0.29) is 23.7 Å². The highest BCUT2D eigenvalue weighted by atomic mass is 32.2. The first-order valence-electron chi connectivity index (χ1n) is 13.6. The summed E-state index contributed by atoms with van der Waals surface area (Å²) in [4.78, 5) is 13.9. The number of hydrogen-bond donors (Lipinski definition) is 2. The van der Waals surface area contributed by atoms with Gasteiger partial charge in [0.25, 0.3) is 5.91 Å². The van der Waals surface area contributed by atoms with Gasteiger partial charge in [-0.25, -0.2) is 22.7 Å². The van der Waals surface area contributed by atoms with Crippen LogP contribution in [-0.2, 0) is 25.8 Å². The van der Waals surface area contributed by atoms with Crippen molar-refractivity contribution in [2.24, 2.45) is 5.92 Å². The van der Waals surface area contributed by atoms with Crippen LogP contribution >= 0.6 is 11.3 Å².